The molecule has 1 unspecified atom stereocenters. The van der Waals surface area contributed by atoms with E-state index < -0.39 is 0 Å². The molecule has 0 radical (unpaired) electrons. The van der Waals surface area contributed by atoms with E-state index in [1.165, 1.54) is 9.13 Å². The number of H-pyrrole nitrogens is 2. The van der Waals surface area contributed by atoms with Crippen molar-refractivity contribution in [1.82, 2.24) is 15.3 Å². The zero-order valence-corrected chi connectivity index (χ0v) is 14.9. The molecule has 1 aromatic heterocycles. The third kappa shape index (κ3) is 2.93. The Hall–Kier alpha value is -1.12. The average molecular weight is 458 g/mol. The van der Waals surface area contributed by atoms with Gasteiger partial charge in [-0.25, -0.2) is 4.79 Å². The minimum Gasteiger partial charge on any atom is -0.309 e. The molecular weight excluding hydrogens is 445 g/mol. The topological polar surface area (TPSA) is 60.7 Å². The molecule has 0 saturated heterocycles. The minimum absolute atomic E-state index is 0.0527. The molecule has 0 bridgehead atoms. The fourth-order valence-corrected chi connectivity index (χ4v) is 3.46. The Morgan fingerprint density at radius 3 is 2.67 bits per heavy atom. The Labute approximate surface area is 143 Å². The zero-order chi connectivity index (χ0) is 15.0. The molecule has 3 N–H and O–H groups in total. The van der Waals surface area contributed by atoms with Crippen LogP contribution in [0.2, 0.25) is 0 Å². The molecule has 1 atom stereocenters. The number of hydrogen-bond donors (Lipinski definition) is 3. The monoisotopic (exact) mass is 457 g/mol. The molecule has 0 amide bonds. The van der Waals surface area contributed by atoms with Crippen LogP contribution in [0.4, 0.5) is 0 Å². The molecule has 0 fully saturated rings. The molecule has 0 saturated carbocycles. The molecule has 0 spiro atoms. The molecule has 2 aromatic carbocycles. The van der Waals surface area contributed by atoms with Gasteiger partial charge in [-0.2, -0.15) is 0 Å². The predicted octanol–water partition coefficient (Wildman–Crippen LogP) is 3.53. The van der Waals surface area contributed by atoms with E-state index in [9.17, 15) is 4.79 Å². The second kappa shape index (κ2) is 5.94. The van der Waals surface area contributed by atoms with Crippen LogP contribution >= 0.6 is 38.5 Å². The van der Waals surface area contributed by atoms with Crippen molar-refractivity contribution < 1.29 is 0 Å². The number of halogens is 2. The lowest BCUT2D eigenvalue weighted by Crippen LogP contribution is -2.18. The van der Waals surface area contributed by atoms with Crippen LogP contribution in [0.1, 0.15) is 17.2 Å². The van der Waals surface area contributed by atoms with Crippen LogP contribution in [0.15, 0.2) is 45.7 Å². The van der Waals surface area contributed by atoms with E-state index in [-0.39, 0.29) is 11.7 Å². The number of benzene rings is 2. The summed E-state index contributed by atoms with van der Waals surface area (Å²) < 4.78 is 2.24. The highest BCUT2D eigenvalue weighted by Crippen LogP contribution is 2.30. The summed E-state index contributed by atoms with van der Waals surface area (Å²) in [6.45, 7) is 0. The Bertz CT molecular complexity index is 855. The first-order chi connectivity index (χ1) is 10.1. The fraction of sp³-hybridized carbons (Fsp3) is 0.133. The lowest BCUT2D eigenvalue weighted by atomic mass is 9.98. The van der Waals surface area contributed by atoms with Gasteiger partial charge in [-0.3, -0.25) is 0 Å². The van der Waals surface area contributed by atoms with Gasteiger partial charge in [0, 0.05) is 8.04 Å². The lowest BCUT2D eigenvalue weighted by Gasteiger charge is -2.19. The third-order valence-corrected chi connectivity index (χ3v) is 4.82. The van der Waals surface area contributed by atoms with Gasteiger partial charge in [0.25, 0.3) is 0 Å². The van der Waals surface area contributed by atoms with Crippen molar-refractivity contribution in [3.8, 4) is 0 Å². The summed E-state index contributed by atoms with van der Waals surface area (Å²) in [6.07, 6.45) is 0. The Kier molecular flexibility index (Phi) is 4.19. The van der Waals surface area contributed by atoms with Crippen LogP contribution < -0.4 is 11.0 Å². The van der Waals surface area contributed by atoms with E-state index in [1.54, 1.807) is 0 Å². The first kappa shape index (κ1) is 14.8. The van der Waals surface area contributed by atoms with Crippen LogP contribution in [0.5, 0.6) is 0 Å². The van der Waals surface area contributed by atoms with Crippen LogP contribution in [-0.4, -0.2) is 17.0 Å². The number of hydrogen-bond acceptors (Lipinski definition) is 2. The summed E-state index contributed by atoms with van der Waals surface area (Å²) in [7, 11) is 1.93. The highest BCUT2D eigenvalue weighted by Gasteiger charge is 2.16. The Balaban J connectivity index is 2.12. The number of imidazole rings is 1. The maximum atomic E-state index is 11.4. The van der Waals surface area contributed by atoms with E-state index in [4.69, 9.17) is 0 Å². The molecule has 6 heteroatoms. The van der Waals surface area contributed by atoms with Gasteiger partial charge in [-0.15, -0.1) is 0 Å². The molecule has 108 valence electrons. The molecular formula is C15H13BrIN3O. The second-order valence-corrected chi connectivity index (χ2v) is 6.87. The summed E-state index contributed by atoms with van der Waals surface area (Å²) in [5.74, 6) is 0. The van der Waals surface area contributed by atoms with Crippen LogP contribution in [0, 0.1) is 3.57 Å². The largest absolute Gasteiger partial charge is 0.323 e. The summed E-state index contributed by atoms with van der Waals surface area (Å²) >= 11 is 5.92. The normalized spacial score (nSPS) is 12.7. The molecule has 3 aromatic rings. The quantitative estimate of drug-likeness (QED) is 0.527. The summed E-state index contributed by atoms with van der Waals surface area (Å²) in [6, 6.07) is 12.3. The van der Waals surface area contributed by atoms with E-state index in [0.29, 0.717) is 0 Å². The maximum Gasteiger partial charge on any atom is 0.323 e. The van der Waals surface area contributed by atoms with Gasteiger partial charge in [0.1, 0.15) is 0 Å². The van der Waals surface area contributed by atoms with Crippen molar-refractivity contribution >= 4 is 49.6 Å². The Morgan fingerprint density at radius 1 is 1.14 bits per heavy atom. The molecule has 21 heavy (non-hydrogen) atoms. The molecule has 4 nitrogen and oxygen atoms in total. The highest BCUT2D eigenvalue weighted by atomic mass is 127. The van der Waals surface area contributed by atoms with Gasteiger partial charge in [0.2, 0.25) is 0 Å². The third-order valence-electron chi connectivity index (χ3n) is 3.43. The molecule has 0 aliphatic carbocycles. The lowest BCUT2D eigenvalue weighted by molar-refractivity contribution is 0.689. The van der Waals surface area contributed by atoms with E-state index in [0.717, 1.165) is 21.1 Å². The standard InChI is InChI=1S/C15H13BrIN3O/c1-18-14(10-7-9(17)3-4-11(10)16)8-2-5-12-13(6-8)20-15(21)19-12/h2-7,14,18H,1H3,(H2,19,20,21). The number of nitrogens with one attached hydrogen (secondary N) is 3. The number of fused-ring (bicyclic) bond motifs is 1. The van der Waals surface area contributed by atoms with Gasteiger partial charge in [-0.1, -0.05) is 22.0 Å². The number of aromatic amines is 2. The average Bonchev–Trinajstić information content (AvgIpc) is 2.83. The fourth-order valence-electron chi connectivity index (χ4n) is 2.47. The van der Waals surface area contributed by atoms with Crippen molar-refractivity contribution in [1.29, 1.82) is 0 Å². The first-order valence-corrected chi connectivity index (χ1v) is 8.30. The van der Waals surface area contributed by atoms with E-state index >= 15 is 0 Å². The van der Waals surface area contributed by atoms with Crippen LogP contribution in [-0.2, 0) is 0 Å². The van der Waals surface area contributed by atoms with Crippen molar-refractivity contribution in [3.05, 3.63) is 66.1 Å². The molecule has 3 rings (SSSR count). The van der Waals surface area contributed by atoms with Gasteiger partial charge < -0.3 is 15.3 Å². The highest BCUT2D eigenvalue weighted by molar-refractivity contribution is 14.1. The van der Waals surface area contributed by atoms with Gasteiger partial charge in [0.05, 0.1) is 17.1 Å². The number of rotatable bonds is 3. The van der Waals surface area contributed by atoms with Gasteiger partial charge >= 0.3 is 5.69 Å². The van der Waals surface area contributed by atoms with E-state index in [1.807, 2.05) is 25.2 Å². The van der Waals surface area contributed by atoms with Crippen LogP contribution in [0.3, 0.4) is 0 Å². The minimum atomic E-state index is -0.182. The molecule has 1 heterocycles. The van der Waals surface area contributed by atoms with Gasteiger partial charge in [-0.05, 0) is 71.1 Å². The van der Waals surface area contributed by atoms with Gasteiger partial charge in [0.15, 0.2) is 0 Å². The summed E-state index contributed by atoms with van der Waals surface area (Å²) in [4.78, 5) is 16.9. The zero-order valence-electron chi connectivity index (χ0n) is 11.2. The smallest absolute Gasteiger partial charge is 0.309 e. The Morgan fingerprint density at radius 2 is 1.90 bits per heavy atom. The van der Waals surface area contributed by atoms with Crippen molar-refractivity contribution in [2.24, 2.45) is 0 Å². The SMILES string of the molecule is CNC(c1ccc2[nH]c(=O)[nH]c2c1)c1cc(I)ccc1Br. The molecule has 0 aliphatic rings. The predicted molar refractivity (Wildman–Crippen MR) is 96.7 cm³/mol. The molecule has 0 aliphatic heterocycles. The van der Waals surface area contributed by atoms with Crippen molar-refractivity contribution in [3.63, 3.8) is 0 Å². The van der Waals surface area contributed by atoms with Crippen molar-refractivity contribution in [2.75, 3.05) is 7.05 Å². The van der Waals surface area contributed by atoms with E-state index in [2.05, 4.69) is 72.0 Å². The summed E-state index contributed by atoms with van der Waals surface area (Å²) in [5, 5.41) is 3.34. The van der Waals surface area contributed by atoms with Crippen LogP contribution in [0.25, 0.3) is 11.0 Å². The van der Waals surface area contributed by atoms with Crippen molar-refractivity contribution in [2.45, 2.75) is 6.04 Å². The second-order valence-electron chi connectivity index (χ2n) is 4.77. The summed E-state index contributed by atoms with van der Waals surface area (Å²) in [5.41, 5.74) is 3.72. The maximum absolute atomic E-state index is 11.4. The first-order valence-electron chi connectivity index (χ1n) is 6.42. The number of aromatic nitrogens is 2.